The fourth-order valence-electron chi connectivity index (χ4n) is 3.14. The van der Waals surface area contributed by atoms with Crippen LogP contribution < -0.4 is 0 Å². The van der Waals surface area contributed by atoms with Crippen molar-refractivity contribution in [3.05, 3.63) is 18.5 Å². The van der Waals surface area contributed by atoms with Crippen LogP contribution in [0, 0.1) is 0 Å². The maximum atomic E-state index is 5.77. The molecule has 2 aliphatic rings. The molecule has 0 atom stereocenters. The molecule has 1 spiro atoms. The highest BCUT2D eigenvalue weighted by Crippen LogP contribution is 2.36. The summed E-state index contributed by atoms with van der Waals surface area (Å²) < 4.78 is 13.5. The first-order chi connectivity index (χ1) is 9.27. The summed E-state index contributed by atoms with van der Waals surface area (Å²) in [6.07, 6.45) is 8.24. The second-order valence-electron chi connectivity index (χ2n) is 5.59. The maximum Gasteiger partial charge on any atom is 0.168 e. The molecule has 2 heterocycles. The van der Waals surface area contributed by atoms with E-state index in [9.17, 15) is 0 Å². The molecule has 1 saturated carbocycles. The van der Waals surface area contributed by atoms with Gasteiger partial charge in [-0.3, -0.25) is 4.68 Å². The highest BCUT2D eigenvalue weighted by Gasteiger charge is 2.40. The first-order valence-corrected chi connectivity index (χ1v) is 7.23. The van der Waals surface area contributed by atoms with Gasteiger partial charge in [0.05, 0.1) is 19.8 Å². The molecule has 0 radical (unpaired) electrons. The van der Waals surface area contributed by atoms with Gasteiger partial charge in [-0.1, -0.05) is 0 Å². The van der Waals surface area contributed by atoms with Gasteiger partial charge in [0.15, 0.2) is 5.79 Å². The zero-order valence-electron chi connectivity index (χ0n) is 11.6. The van der Waals surface area contributed by atoms with E-state index < -0.39 is 0 Å². The molecule has 2 fully saturated rings. The summed E-state index contributed by atoms with van der Waals surface area (Å²) >= 11 is 0. The van der Waals surface area contributed by atoms with Gasteiger partial charge in [-0.05, 0) is 26.0 Å². The third-order valence-corrected chi connectivity index (χ3v) is 4.39. The van der Waals surface area contributed by atoms with Crippen LogP contribution >= 0.6 is 0 Å². The molecule has 1 aliphatic heterocycles. The van der Waals surface area contributed by atoms with E-state index in [1.807, 2.05) is 23.1 Å². The molecule has 0 N–H and O–H groups in total. The molecule has 0 amide bonds. The summed E-state index contributed by atoms with van der Waals surface area (Å²) in [6.45, 7) is 3.53. The summed E-state index contributed by atoms with van der Waals surface area (Å²) in [6, 6.07) is 2.62. The van der Waals surface area contributed by atoms with Crippen molar-refractivity contribution < 1.29 is 9.47 Å². The first kappa shape index (κ1) is 13.1. The molecule has 19 heavy (non-hydrogen) atoms. The lowest BCUT2D eigenvalue weighted by Gasteiger charge is -2.39. The normalized spacial score (nSPS) is 23.5. The Bertz CT molecular complexity index is 377. The number of hydrogen-bond acceptors (Lipinski definition) is 4. The van der Waals surface area contributed by atoms with Gasteiger partial charge < -0.3 is 14.4 Å². The van der Waals surface area contributed by atoms with Crippen LogP contribution in [0.3, 0.4) is 0 Å². The molecule has 106 valence electrons. The van der Waals surface area contributed by atoms with Crippen molar-refractivity contribution >= 4 is 0 Å². The summed E-state index contributed by atoms with van der Waals surface area (Å²) in [5.41, 5.74) is 0. The van der Waals surface area contributed by atoms with Crippen molar-refractivity contribution in [3.63, 3.8) is 0 Å². The smallest absolute Gasteiger partial charge is 0.168 e. The van der Waals surface area contributed by atoms with Gasteiger partial charge in [-0.2, -0.15) is 5.10 Å². The Morgan fingerprint density at radius 3 is 2.68 bits per heavy atom. The van der Waals surface area contributed by atoms with Gasteiger partial charge in [0.1, 0.15) is 0 Å². The molecule has 0 aromatic carbocycles. The molecule has 1 saturated heterocycles. The zero-order valence-corrected chi connectivity index (χ0v) is 11.6. The molecule has 3 rings (SSSR count). The Balaban J connectivity index is 1.45. The van der Waals surface area contributed by atoms with Crippen LogP contribution in [-0.4, -0.2) is 53.3 Å². The minimum atomic E-state index is -0.237. The molecule has 1 aromatic rings. The van der Waals surface area contributed by atoms with Gasteiger partial charge in [0.2, 0.25) is 0 Å². The maximum absolute atomic E-state index is 5.77. The second kappa shape index (κ2) is 5.61. The predicted molar refractivity (Wildman–Crippen MR) is 71.7 cm³/mol. The van der Waals surface area contributed by atoms with Crippen LogP contribution in [0.1, 0.15) is 25.7 Å². The summed E-state index contributed by atoms with van der Waals surface area (Å²) in [4.78, 5) is 2.45. The Morgan fingerprint density at radius 1 is 1.32 bits per heavy atom. The molecule has 1 aliphatic carbocycles. The lowest BCUT2D eigenvalue weighted by molar-refractivity contribution is -0.183. The monoisotopic (exact) mass is 265 g/mol. The summed E-state index contributed by atoms with van der Waals surface area (Å²) in [5, 5.41) is 4.24. The highest BCUT2D eigenvalue weighted by molar-refractivity contribution is 4.86. The van der Waals surface area contributed by atoms with Gasteiger partial charge in [0.25, 0.3) is 0 Å². The van der Waals surface area contributed by atoms with E-state index in [0.717, 1.165) is 52.0 Å². The lowest BCUT2D eigenvalue weighted by atomic mass is 9.89. The minimum absolute atomic E-state index is 0.237. The Labute approximate surface area is 114 Å². The average molecular weight is 265 g/mol. The fourth-order valence-corrected chi connectivity index (χ4v) is 3.14. The third-order valence-electron chi connectivity index (χ3n) is 4.39. The van der Waals surface area contributed by atoms with Crippen LogP contribution in [0.2, 0.25) is 0 Å². The van der Waals surface area contributed by atoms with Crippen molar-refractivity contribution in [1.82, 2.24) is 14.7 Å². The number of ether oxygens (including phenoxy) is 2. The number of nitrogens with zero attached hydrogens (tertiary/aromatic N) is 3. The molecule has 5 nitrogen and oxygen atoms in total. The van der Waals surface area contributed by atoms with Crippen LogP contribution in [-0.2, 0) is 16.0 Å². The summed E-state index contributed by atoms with van der Waals surface area (Å²) in [7, 11) is 2.21. The summed E-state index contributed by atoms with van der Waals surface area (Å²) in [5.74, 6) is -0.237. The standard InChI is InChI=1S/C14H23N3O2/c1-16(9-10-17-8-2-7-15-17)13-3-5-14(6-4-13)18-11-12-19-14/h2,7-8,13H,3-6,9-12H2,1H3. The van der Waals surface area contributed by atoms with Crippen LogP contribution in [0.15, 0.2) is 18.5 Å². The van der Waals surface area contributed by atoms with Crippen molar-refractivity contribution in [2.45, 2.75) is 44.1 Å². The first-order valence-electron chi connectivity index (χ1n) is 7.23. The van der Waals surface area contributed by atoms with Gasteiger partial charge >= 0.3 is 0 Å². The molecule has 5 heteroatoms. The average Bonchev–Trinajstić information content (AvgIpc) is 3.09. The minimum Gasteiger partial charge on any atom is -0.348 e. The quantitative estimate of drug-likeness (QED) is 0.827. The van der Waals surface area contributed by atoms with Crippen LogP contribution in [0.5, 0.6) is 0 Å². The molecular weight excluding hydrogens is 242 g/mol. The highest BCUT2D eigenvalue weighted by atomic mass is 16.7. The van der Waals surface area contributed by atoms with Crippen molar-refractivity contribution in [3.8, 4) is 0 Å². The van der Waals surface area contributed by atoms with E-state index in [-0.39, 0.29) is 5.79 Å². The topological polar surface area (TPSA) is 39.5 Å². The number of rotatable bonds is 4. The third kappa shape index (κ3) is 2.99. The van der Waals surface area contributed by atoms with Crippen molar-refractivity contribution in [2.24, 2.45) is 0 Å². The van der Waals surface area contributed by atoms with Gasteiger partial charge in [0, 0.05) is 37.8 Å². The largest absolute Gasteiger partial charge is 0.348 e. The van der Waals surface area contributed by atoms with Crippen molar-refractivity contribution in [2.75, 3.05) is 26.8 Å². The van der Waals surface area contributed by atoms with Crippen LogP contribution in [0.25, 0.3) is 0 Å². The van der Waals surface area contributed by atoms with Crippen molar-refractivity contribution in [1.29, 1.82) is 0 Å². The lowest BCUT2D eigenvalue weighted by Crippen LogP contribution is -2.43. The molecular formula is C14H23N3O2. The second-order valence-corrected chi connectivity index (χ2v) is 5.59. The fraction of sp³-hybridized carbons (Fsp3) is 0.786. The van der Waals surface area contributed by atoms with E-state index in [0.29, 0.717) is 6.04 Å². The van der Waals surface area contributed by atoms with E-state index in [1.54, 1.807) is 0 Å². The van der Waals surface area contributed by atoms with Gasteiger partial charge in [-0.15, -0.1) is 0 Å². The zero-order chi connectivity index (χ0) is 13.1. The van der Waals surface area contributed by atoms with Gasteiger partial charge in [-0.25, -0.2) is 0 Å². The predicted octanol–water partition coefficient (Wildman–Crippen LogP) is 1.50. The van der Waals surface area contributed by atoms with Crippen LogP contribution in [0.4, 0.5) is 0 Å². The van der Waals surface area contributed by atoms with E-state index >= 15 is 0 Å². The number of hydrogen-bond donors (Lipinski definition) is 0. The Morgan fingerprint density at radius 2 is 2.05 bits per heavy atom. The number of aromatic nitrogens is 2. The van der Waals surface area contributed by atoms with E-state index in [4.69, 9.17) is 9.47 Å². The van der Waals surface area contributed by atoms with E-state index in [2.05, 4.69) is 17.0 Å². The van der Waals surface area contributed by atoms with E-state index in [1.165, 1.54) is 0 Å². The molecule has 0 unspecified atom stereocenters. The Hall–Kier alpha value is -0.910. The SMILES string of the molecule is CN(CCn1cccn1)C1CCC2(CC1)OCCO2. The molecule has 1 aromatic heterocycles. The molecule has 0 bridgehead atoms. The number of likely N-dealkylation sites (N-methyl/N-ethyl adjacent to an activating group) is 1. The Kier molecular flexibility index (Phi) is 3.86.